The summed E-state index contributed by atoms with van der Waals surface area (Å²) >= 11 is 1.27. The molecule has 7 heteroatoms. The van der Waals surface area contributed by atoms with Crippen LogP contribution in [0.5, 0.6) is 5.75 Å². The van der Waals surface area contributed by atoms with Gasteiger partial charge in [-0.15, -0.1) is 11.8 Å². The van der Waals surface area contributed by atoms with Gasteiger partial charge in [0, 0.05) is 22.9 Å². The highest BCUT2D eigenvalue weighted by Gasteiger charge is 2.30. The van der Waals surface area contributed by atoms with Crippen molar-refractivity contribution in [3.63, 3.8) is 0 Å². The Kier molecular flexibility index (Phi) is 6.03. The quantitative estimate of drug-likeness (QED) is 0.678. The van der Waals surface area contributed by atoms with E-state index in [9.17, 15) is 9.59 Å². The number of hydrogen-bond donors (Lipinski definition) is 1. The molecule has 2 heterocycles. The zero-order chi connectivity index (χ0) is 17.7. The van der Waals surface area contributed by atoms with Crippen LogP contribution in [-0.2, 0) is 9.53 Å². The summed E-state index contributed by atoms with van der Waals surface area (Å²) in [6.07, 6.45) is 1.65. The number of esters is 1. The third-order valence-electron chi connectivity index (χ3n) is 3.45. The van der Waals surface area contributed by atoms with Gasteiger partial charge in [0.2, 0.25) is 5.78 Å². The maximum absolute atomic E-state index is 12.6. The van der Waals surface area contributed by atoms with Crippen molar-refractivity contribution in [2.45, 2.75) is 19.9 Å². The van der Waals surface area contributed by atoms with Gasteiger partial charge in [0.05, 0.1) is 19.8 Å². The minimum absolute atomic E-state index is 0.198. The van der Waals surface area contributed by atoms with Gasteiger partial charge in [-0.3, -0.25) is 9.79 Å². The minimum Gasteiger partial charge on any atom is -0.497 e. The highest BCUT2D eigenvalue weighted by molar-refractivity contribution is 8.16. The number of methoxy groups -OCH3 is 2. The number of fused-ring (bicyclic) bond motifs is 1. The Hall–Kier alpha value is -2.28. The molecule has 0 saturated carbocycles. The normalized spacial score (nSPS) is 16.2. The van der Waals surface area contributed by atoms with Crippen molar-refractivity contribution in [3.05, 3.63) is 30.0 Å². The fourth-order valence-corrected chi connectivity index (χ4v) is 3.25. The number of benzene rings is 1. The summed E-state index contributed by atoms with van der Waals surface area (Å²) in [6, 6.07) is 4.87. The van der Waals surface area contributed by atoms with Crippen LogP contribution in [0.15, 0.2) is 29.4 Å². The second-order valence-electron chi connectivity index (χ2n) is 4.73. The van der Waals surface area contributed by atoms with E-state index < -0.39 is 12.0 Å². The number of carbonyl (C=O) groups is 2. The number of aromatic nitrogens is 1. The average molecular weight is 348 g/mol. The predicted octanol–water partition coefficient (Wildman–Crippen LogP) is 3.07. The average Bonchev–Trinajstić information content (AvgIpc) is 3.28. The van der Waals surface area contributed by atoms with Crippen LogP contribution in [0.25, 0.3) is 10.9 Å². The number of rotatable bonds is 4. The lowest BCUT2D eigenvalue weighted by Crippen LogP contribution is -2.20. The van der Waals surface area contributed by atoms with Crippen molar-refractivity contribution >= 4 is 39.5 Å². The first-order valence-corrected chi connectivity index (χ1v) is 8.61. The molecule has 0 amide bonds. The number of ketones is 1. The Labute approximate surface area is 144 Å². The summed E-state index contributed by atoms with van der Waals surface area (Å²) in [7, 11) is 2.89. The van der Waals surface area contributed by atoms with E-state index in [2.05, 4.69) is 14.7 Å². The molecule has 0 fully saturated rings. The summed E-state index contributed by atoms with van der Waals surface area (Å²) < 4.78 is 9.85. The van der Waals surface area contributed by atoms with Gasteiger partial charge in [-0.2, -0.15) is 0 Å². The smallest absolute Gasteiger partial charge is 0.331 e. The van der Waals surface area contributed by atoms with Crippen LogP contribution >= 0.6 is 11.8 Å². The number of nitrogens with one attached hydrogen (secondary N) is 1. The summed E-state index contributed by atoms with van der Waals surface area (Å²) in [4.78, 5) is 31.3. The second-order valence-corrected chi connectivity index (χ2v) is 5.74. The minimum atomic E-state index is -0.603. The largest absolute Gasteiger partial charge is 0.497 e. The summed E-state index contributed by atoms with van der Waals surface area (Å²) in [5.74, 6) is 0.487. The van der Waals surface area contributed by atoms with Crippen molar-refractivity contribution in [1.82, 2.24) is 4.98 Å². The Bertz CT molecular complexity index is 782. The molecule has 6 nitrogen and oxygen atoms in total. The molecule has 128 valence electrons. The van der Waals surface area contributed by atoms with Crippen LogP contribution in [0.4, 0.5) is 0 Å². The maximum atomic E-state index is 12.6. The van der Waals surface area contributed by atoms with E-state index in [1.54, 1.807) is 19.4 Å². The highest BCUT2D eigenvalue weighted by Crippen LogP contribution is 2.27. The molecule has 0 spiro atoms. The van der Waals surface area contributed by atoms with Gasteiger partial charge < -0.3 is 14.5 Å². The number of aliphatic imine (C=N–C) groups is 1. The van der Waals surface area contributed by atoms with Crippen LogP contribution in [0.3, 0.4) is 0 Å². The monoisotopic (exact) mass is 348 g/mol. The molecule has 0 saturated heterocycles. The topological polar surface area (TPSA) is 80.8 Å². The number of aromatic amines is 1. The SMILES string of the molecule is CC.COC(=O)C1CSC(C(=O)c2c[nH]c3ccc(OC)cc23)=N1. The Balaban J connectivity index is 0.00000100. The molecule has 1 aromatic heterocycles. The molecule has 1 N–H and O–H groups in total. The molecule has 3 rings (SSSR count). The van der Waals surface area contributed by atoms with Gasteiger partial charge in [0.25, 0.3) is 0 Å². The highest BCUT2D eigenvalue weighted by atomic mass is 32.2. The number of nitrogens with zero attached hydrogens (tertiary/aromatic N) is 1. The Morgan fingerprint density at radius 1 is 1.29 bits per heavy atom. The van der Waals surface area contributed by atoms with Crippen LogP contribution in [0.2, 0.25) is 0 Å². The summed E-state index contributed by atoms with van der Waals surface area (Å²) in [6.45, 7) is 4.00. The summed E-state index contributed by atoms with van der Waals surface area (Å²) in [5.41, 5.74) is 1.36. The van der Waals surface area contributed by atoms with E-state index in [0.717, 1.165) is 10.9 Å². The van der Waals surface area contributed by atoms with Crippen LogP contribution in [0, 0.1) is 0 Å². The fourth-order valence-electron chi connectivity index (χ4n) is 2.28. The molecule has 2 aromatic rings. The number of Topliss-reactive ketones (excluding diaryl/α,β-unsaturated/α-hetero) is 1. The molecule has 1 aromatic carbocycles. The molecule has 24 heavy (non-hydrogen) atoms. The summed E-state index contributed by atoms with van der Waals surface area (Å²) in [5, 5.41) is 1.10. The second kappa shape index (κ2) is 8.01. The predicted molar refractivity (Wildman–Crippen MR) is 96.2 cm³/mol. The van der Waals surface area contributed by atoms with Crippen molar-refractivity contribution in [1.29, 1.82) is 0 Å². The number of carbonyl (C=O) groups excluding carboxylic acids is 2. The zero-order valence-corrected chi connectivity index (χ0v) is 14.9. The molecule has 1 aliphatic heterocycles. The molecule has 1 unspecified atom stereocenters. The molecule has 0 aliphatic carbocycles. The molecule has 0 bridgehead atoms. The number of H-pyrrole nitrogens is 1. The lowest BCUT2D eigenvalue weighted by molar-refractivity contribution is -0.141. The number of ether oxygens (including phenoxy) is 2. The van der Waals surface area contributed by atoms with E-state index in [-0.39, 0.29) is 5.78 Å². The Morgan fingerprint density at radius 2 is 2.04 bits per heavy atom. The van der Waals surface area contributed by atoms with Crippen LogP contribution in [0.1, 0.15) is 24.2 Å². The van der Waals surface area contributed by atoms with Crippen LogP contribution < -0.4 is 4.74 Å². The molecular weight excluding hydrogens is 328 g/mol. The first kappa shape index (κ1) is 18.1. The van der Waals surface area contributed by atoms with Gasteiger partial charge in [-0.05, 0) is 18.2 Å². The standard InChI is InChI=1S/C15H14N2O4S.C2H6/c1-20-8-3-4-11-9(5-8)10(6-16-11)13(18)14-17-12(7-22-14)15(19)21-2;1-2/h3-6,12,16H,7H2,1-2H3;1-2H3. The van der Waals surface area contributed by atoms with Gasteiger partial charge >= 0.3 is 5.97 Å². The number of thioether (sulfide) groups is 1. The first-order chi connectivity index (χ1) is 11.6. The van der Waals surface area contributed by atoms with E-state index in [0.29, 0.717) is 22.1 Å². The maximum Gasteiger partial charge on any atom is 0.331 e. The molecule has 1 aliphatic rings. The Morgan fingerprint density at radius 3 is 2.71 bits per heavy atom. The van der Waals surface area contributed by atoms with E-state index in [1.165, 1.54) is 18.9 Å². The van der Waals surface area contributed by atoms with Crippen molar-refractivity contribution < 1.29 is 19.1 Å². The molecular formula is C17H20N2O4S. The fraction of sp³-hybridized carbons (Fsp3) is 0.353. The van der Waals surface area contributed by atoms with E-state index in [4.69, 9.17) is 4.74 Å². The van der Waals surface area contributed by atoms with Gasteiger partial charge in [-0.25, -0.2) is 4.79 Å². The van der Waals surface area contributed by atoms with Gasteiger partial charge in [0.15, 0.2) is 6.04 Å². The first-order valence-electron chi connectivity index (χ1n) is 7.62. The van der Waals surface area contributed by atoms with Crippen LogP contribution in [-0.4, -0.2) is 47.8 Å². The lowest BCUT2D eigenvalue weighted by Gasteiger charge is -2.01. The van der Waals surface area contributed by atoms with Crippen molar-refractivity contribution in [2.24, 2.45) is 4.99 Å². The third kappa shape index (κ3) is 3.46. The van der Waals surface area contributed by atoms with Crippen molar-refractivity contribution in [3.8, 4) is 5.75 Å². The number of hydrogen-bond acceptors (Lipinski definition) is 6. The van der Waals surface area contributed by atoms with E-state index in [1.807, 2.05) is 26.0 Å². The molecule has 0 radical (unpaired) electrons. The lowest BCUT2D eigenvalue weighted by atomic mass is 10.1. The van der Waals surface area contributed by atoms with Gasteiger partial charge in [0.1, 0.15) is 10.8 Å². The van der Waals surface area contributed by atoms with Crippen molar-refractivity contribution in [2.75, 3.05) is 20.0 Å². The van der Waals surface area contributed by atoms with Gasteiger partial charge in [-0.1, -0.05) is 13.8 Å². The molecule has 1 atom stereocenters. The zero-order valence-electron chi connectivity index (χ0n) is 14.1. The third-order valence-corrected chi connectivity index (χ3v) is 4.50. The van der Waals surface area contributed by atoms with E-state index >= 15 is 0 Å².